The zero-order chi connectivity index (χ0) is 68.7. The first-order valence-electron chi connectivity index (χ1n) is 34.8. The summed E-state index contributed by atoms with van der Waals surface area (Å²) in [6, 6.07) is 6.49. The van der Waals surface area contributed by atoms with Gasteiger partial charge in [0.2, 0.25) is 29.5 Å². The molecule has 24 nitrogen and oxygen atoms in total. The molecule has 0 saturated heterocycles. The van der Waals surface area contributed by atoms with Crippen LogP contribution in [0.1, 0.15) is 218 Å². The summed E-state index contributed by atoms with van der Waals surface area (Å²) in [7, 11) is 1.84. The van der Waals surface area contributed by atoms with Gasteiger partial charge < -0.3 is 72.7 Å². The molecule has 1 aromatic carbocycles. The number of ether oxygens (including phenoxy) is 4. The SMILES string of the molecule is CC(=O)COCCOCCNC(=O)CC[C@@H](NC(=O)C1CCC(CNCCCCCCCCCCCCCCCCCCCC(=O)O)CC1)C(=O)O.CNCCOCCOCC(=O)NCCCC[C@H](C)C(=O)C[C@@H](CC(N)=O)C(=O)C[C@H](Cc1ccc(C)cc1)C(N)=O.O. The van der Waals surface area contributed by atoms with Crippen molar-refractivity contribution in [3.8, 4) is 0 Å². The van der Waals surface area contributed by atoms with Crippen molar-refractivity contribution < 1.29 is 82.6 Å². The second kappa shape index (κ2) is 58.6. The van der Waals surface area contributed by atoms with Gasteiger partial charge in [0.15, 0.2) is 5.78 Å². The number of aliphatic carboxylic acids is 2. The zero-order valence-electron chi connectivity index (χ0n) is 57.7. The molecule has 4 atom stereocenters. The van der Waals surface area contributed by atoms with Crippen molar-refractivity contribution in [2.45, 2.75) is 226 Å². The Balaban J connectivity index is 0.00000187. The molecular weight excluding hydrogens is 1210 g/mol. The number of hydrogen-bond donors (Lipinski definition) is 9. The van der Waals surface area contributed by atoms with Crippen molar-refractivity contribution >= 4 is 58.8 Å². The number of amides is 5. The van der Waals surface area contributed by atoms with E-state index in [2.05, 4.69) is 26.6 Å². The topological polar surface area (TPSA) is 392 Å². The number of nitrogens with two attached hydrogens (primary N) is 2. The smallest absolute Gasteiger partial charge is 0.326 e. The van der Waals surface area contributed by atoms with Crippen molar-refractivity contribution in [3.63, 3.8) is 0 Å². The van der Waals surface area contributed by atoms with Gasteiger partial charge in [-0.1, -0.05) is 139 Å². The number of aryl methyl sites for hydroxylation is 1. The number of Topliss-reactive ketones (excluding diaryl/α,β-unsaturated/α-hetero) is 3. The van der Waals surface area contributed by atoms with Crippen LogP contribution in [0.4, 0.5) is 0 Å². The van der Waals surface area contributed by atoms with Crippen LogP contribution in [0.2, 0.25) is 0 Å². The van der Waals surface area contributed by atoms with Gasteiger partial charge in [-0.3, -0.25) is 43.2 Å². The minimum atomic E-state index is -1.14. The average Bonchev–Trinajstić information content (AvgIpc) is 0.958. The lowest BCUT2D eigenvalue weighted by Gasteiger charge is -2.29. The van der Waals surface area contributed by atoms with Gasteiger partial charge in [0.25, 0.3) is 0 Å². The number of nitrogens with one attached hydrogen (secondary N) is 5. The van der Waals surface area contributed by atoms with Gasteiger partial charge in [-0.15, -0.1) is 0 Å². The van der Waals surface area contributed by atoms with Gasteiger partial charge in [-0.2, -0.15) is 0 Å². The third-order valence-corrected chi connectivity index (χ3v) is 16.8. The number of carbonyl (C=O) groups is 10. The summed E-state index contributed by atoms with van der Waals surface area (Å²) in [5, 5.41) is 33.0. The van der Waals surface area contributed by atoms with Crippen LogP contribution in [0.25, 0.3) is 0 Å². The number of ketones is 3. The van der Waals surface area contributed by atoms with Crippen LogP contribution >= 0.6 is 0 Å². The summed E-state index contributed by atoms with van der Waals surface area (Å²) in [4.78, 5) is 120. The second-order valence-electron chi connectivity index (χ2n) is 25.2. The van der Waals surface area contributed by atoms with E-state index in [0.717, 1.165) is 69.3 Å². The molecule has 13 N–H and O–H groups in total. The standard InChI is InChI=1S/C40H73N3O9.C30H48N4O7.H2O/c1-33(44)32-52-30-29-51-28-27-42-37(45)25-24-36(40(49)50)43-39(48)35-22-20-34(21-23-35)31-41-26-18-16-14-12-10-8-6-4-2-3-5-7-9-11-13-15-17-19-38(46)47;1-21-7-9-23(10-8-21)16-25(30(32)39)18-27(36)24(19-28(31)37)17-26(35)22(2)6-4-5-11-34-29(38)20-41-15-14-40-13-12-33-3;/h34-36,41H,2-32H2,1H3,(H,42,45)(H,43,48)(H,46,47)(H,49,50);7-10,22,24-25,33H,4-6,11-20H2,1-3H3,(H2,31,37)(H2,32,39)(H,34,38);1H2/t34?,35?,36-;22-,24-,25-;/m10./s1. The Morgan fingerprint density at radius 1 is 0.553 bits per heavy atom. The summed E-state index contributed by atoms with van der Waals surface area (Å²) in [6.07, 6.45) is 26.9. The van der Waals surface area contributed by atoms with Gasteiger partial charge in [0, 0.05) is 75.4 Å². The molecule has 0 radical (unpaired) electrons. The van der Waals surface area contributed by atoms with Crippen LogP contribution in [0.15, 0.2) is 24.3 Å². The van der Waals surface area contributed by atoms with Crippen LogP contribution < -0.4 is 38.1 Å². The number of carboxylic acid groups (broad SMARTS) is 2. The van der Waals surface area contributed by atoms with E-state index in [9.17, 15) is 53.1 Å². The molecule has 1 aromatic rings. The fourth-order valence-electron chi connectivity index (χ4n) is 11.0. The van der Waals surface area contributed by atoms with Crippen molar-refractivity contribution in [3.05, 3.63) is 35.4 Å². The molecule has 0 unspecified atom stereocenters. The van der Waals surface area contributed by atoms with E-state index < -0.39 is 41.6 Å². The van der Waals surface area contributed by atoms with E-state index in [1.54, 1.807) is 6.92 Å². The summed E-state index contributed by atoms with van der Waals surface area (Å²) in [6.45, 7) is 10.9. The fourth-order valence-corrected chi connectivity index (χ4v) is 11.0. The number of benzene rings is 1. The van der Waals surface area contributed by atoms with E-state index in [-0.39, 0.29) is 111 Å². The van der Waals surface area contributed by atoms with Crippen molar-refractivity contribution in [2.24, 2.45) is 41.1 Å². The van der Waals surface area contributed by atoms with Gasteiger partial charge in [-0.05, 0) is 110 Å². The van der Waals surface area contributed by atoms with E-state index in [1.807, 2.05) is 38.2 Å². The summed E-state index contributed by atoms with van der Waals surface area (Å²) in [5.74, 6) is -6.03. The molecule has 0 heterocycles. The summed E-state index contributed by atoms with van der Waals surface area (Å²) >= 11 is 0. The Morgan fingerprint density at radius 3 is 1.60 bits per heavy atom. The third-order valence-electron chi connectivity index (χ3n) is 16.8. The maximum absolute atomic E-state index is 13.1. The molecule has 24 heteroatoms. The van der Waals surface area contributed by atoms with E-state index in [0.29, 0.717) is 77.6 Å². The second-order valence-corrected chi connectivity index (χ2v) is 25.2. The lowest BCUT2D eigenvalue weighted by Crippen LogP contribution is -2.45. The normalized spacial score (nSPS) is 14.8. The first kappa shape index (κ1) is 88.2. The van der Waals surface area contributed by atoms with Crippen LogP contribution in [-0.4, -0.2) is 173 Å². The van der Waals surface area contributed by atoms with E-state index in [4.69, 9.17) is 35.5 Å². The highest BCUT2D eigenvalue weighted by molar-refractivity contribution is 5.94. The Morgan fingerprint density at radius 2 is 1.06 bits per heavy atom. The van der Waals surface area contributed by atoms with Gasteiger partial charge in [-0.25, -0.2) is 4.79 Å². The predicted octanol–water partition coefficient (Wildman–Crippen LogP) is 6.98. The van der Waals surface area contributed by atoms with Gasteiger partial charge in [0.05, 0.1) is 39.6 Å². The molecule has 0 aliphatic heterocycles. The highest BCUT2D eigenvalue weighted by Gasteiger charge is 2.31. The molecule has 0 spiro atoms. The molecule has 1 aliphatic rings. The van der Waals surface area contributed by atoms with E-state index in [1.165, 1.54) is 103 Å². The van der Waals surface area contributed by atoms with E-state index >= 15 is 0 Å². The molecule has 1 aliphatic carbocycles. The molecule has 5 amide bonds. The Kier molecular flexibility index (Phi) is 55.0. The highest BCUT2D eigenvalue weighted by Crippen LogP contribution is 2.29. The third kappa shape index (κ3) is 50.6. The Labute approximate surface area is 560 Å². The van der Waals surface area contributed by atoms with Gasteiger partial charge in [0.1, 0.15) is 30.8 Å². The molecular formula is C70H123N7O17. The minimum absolute atomic E-state index is 0. The lowest BCUT2D eigenvalue weighted by atomic mass is 9.81. The first-order valence-corrected chi connectivity index (χ1v) is 34.8. The molecule has 0 bridgehead atoms. The number of carbonyl (C=O) groups excluding carboxylic acids is 8. The van der Waals surface area contributed by atoms with Crippen LogP contribution in [-0.2, 0) is 73.3 Å². The van der Waals surface area contributed by atoms with Crippen molar-refractivity contribution in [1.29, 1.82) is 0 Å². The number of hydrogen-bond acceptors (Lipinski definition) is 16. The monoisotopic (exact) mass is 1330 g/mol. The number of likely N-dealkylation sites (N-methyl/N-ethyl adjacent to an activating group) is 1. The lowest BCUT2D eigenvalue weighted by molar-refractivity contribution is -0.143. The highest BCUT2D eigenvalue weighted by atomic mass is 16.5. The molecule has 94 heavy (non-hydrogen) atoms. The predicted molar refractivity (Wildman–Crippen MR) is 363 cm³/mol. The Hall–Kier alpha value is -5.76. The summed E-state index contributed by atoms with van der Waals surface area (Å²) in [5.41, 5.74) is 12.9. The Bertz CT molecular complexity index is 2230. The number of rotatable bonds is 60. The van der Waals surface area contributed by atoms with Crippen LogP contribution in [0.5, 0.6) is 0 Å². The first-order chi connectivity index (χ1) is 44.7. The molecule has 1 fully saturated rings. The zero-order valence-corrected chi connectivity index (χ0v) is 57.7. The maximum atomic E-state index is 13.1. The molecule has 1 saturated carbocycles. The number of primary amides is 2. The largest absolute Gasteiger partial charge is 0.481 e. The quantitative estimate of drug-likeness (QED) is 0.0297. The molecule has 2 rings (SSSR count). The average molecular weight is 1330 g/mol. The summed E-state index contributed by atoms with van der Waals surface area (Å²) < 4.78 is 21.0. The molecule has 0 aromatic heterocycles. The van der Waals surface area contributed by atoms with Crippen LogP contribution in [0.3, 0.4) is 0 Å². The fraction of sp³-hybridized carbons (Fsp3) is 0.771. The van der Waals surface area contributed by atoms with Gasteiger partial charge >= 0.3 is 11.9 Å². The van der Waals surface area contributed by atoms with Crippen molar-refractivity contribution in [1.82, 2.24) is 26.6 Å². The minimum Gasteiger partial charge on any atom is -0.481 e. The number of unbranched alkanes of at least 4 members (excludes halogenated alkanes) is 17. The maximum Gasteiger partial charge on any atom is 0.326 e. The van der Waals surface area contributed by atoms with Crippen LogP contribution in [0, 0.1) is 36.5 Å². The number of carboxylic acids is 2. The van der Waals surface area contributed by atoms with Crippen molar-refractivity contribution in [2.75, 3.05) is 92.6 Å². The molecule has 540 valence electrons.